The standard InChI is InChI=1S/C17H28N2/c1-3-19(16-9-7-8-15(2)14-16)13-12-17(18)10-5-4-6-11-17/h7-9,14H,3-6,10-13,18H2,1-2H3. The van der Waals surface area contributed by atoms with E-state index in [1.165, 1.54) is 43.4 Å². The van der Waals surface area contributed by atoms with Crippen molar-refractivity contribution in [3.63, 3.8) is 0 Å². The van der Waals surface area contributed by atoms with Gasteiger partial charge in [-0.1, -0.05) is 31.4 Å². The third-order valence-corrected chi connectivity index (χ3v) is 4.48. The second kappa shape index (κ2) is 6.42. The van der Waals surface area contributed by atoms with E-state index in [1.807, 2.05) is 0 Å². The van der Waals surface area contributed by atoms with Crippen LogP contribution in [0, 0.1) is 6.92 Å². The van der Waals surface area contributed by atoms with E-state index in [4.69, 9.17) is 5.73 Å². The molecule has 0 bridgehead atoms. The predicted molar refractivity (Wildman–Crippen MR) is 83.7 cm³/mol. The van der Waals surface area contributed by atoms with Crippen molar-refractivity contribution in [2.45, 2.75) is 57.9 Å². The molecule has 0 heterocycles. The minimum Gasteiger partial charge on any atom is -0.372 e. The molecule has 0 aromatic heterocycles. The van der Waals surface area contributed by atoms with Crippen molar-refractivity contribution >= 4 is 5.69 Å². The lowest BCUT2D eigenvalue weighted by atomic mass is 9.80. The summed E-state index contributed by atoms with van der Waals surface area (Å²) in [6, 6.07) is 8.78. The number of benzene rings is 1. The highest BCUT2D eigenvalue weighted by Crippen LogP contribution is 2.29. The second-order valence-electron chi connectivity index (χ2n) is 6.09. The predicted octanol–water partition coefficient (Wildman–Crippen LogP) is 3.87. The summed E-state index contributed by atoms with van der Waals surface area (Å²) in [5.41, 5.74) is 9.30. The number of anilines is 1. The number of hydrogen-bond donors (Lipinski definition) is 1. The van der Waals surface area contributed by atoms with Crippen LogP contribution in [0.5, 0.6) is 0 Å². The van der Waals surface area contributed by atoms with Crippen molar-refractivity contribution in [1.82, 2.24) is 0 Å². The van der Waals surface area contributed by atoms with E-state index in [-0.39, 0.29) is 5.54 Å². The molecule has 2 rings (SSSR count). The van der Waals surface area contributed by atoms with Gasteiger partial charge >= 0.3 is 0 Å². The summed E-state index contributed by atoms with van der Waals surface area (Å²) in [5.74, 6) is 0. The van der Waals surface area contributed by atoms with E-state index in [2.05, 4.69) is 43.0 Å². The number of nitrogens with two attached hydrogens (primary N) is 1. The van der Waals surface area contributed by atoms with Crippen LogP contribution in [0.15, 0.2) is 24.3 Å². The topological polar surface area (TPSA) is 29.3 Å². The molecule has 1 aliphatic rings. The van der Waals surface area contributed by atoms with Crippen LogP contribution in [0.25, 0.3) is 0 Å². The van der Waals surface area contributed by atoms with Gasteiger partial charge < -0.3 is 10.6 Å². The molecule has 0 radical (unpaired) electrons. The number of hydrogen-bond acceptors (Lipinski definition) is 2. The minimum absolute atomic E-state index is 0.0928. The molecule has 0 atom stereocenters. The summed E-state index contributed by atoms with van der Waals surface area (Å²) in [6.07, 6.45) is 7.53. The maximum absolute atomic E-state index is 6.54. The van der Waals surface area contributed by atoms with Crippen LogP contribution in [0.3, 0.4) is 0 Å². The molecule has 1 aliphatic carbocycles. The van der Waals surface area contributed by atoms with Gasteiger partial charge in [0.25, 0.3) is 0 Å². The van der Waals surface area contributed by atoms with Gasteiger partial charge in [-0.05, 0) is 50.8 Å². The summed E-state index contributed by atoms with van der Waals surface area (Å²) < 4.78 is 0. The van der Waals surface area contributed by atoms with Crippen LogP contribution < -0.4 is 10.6 Å². The Bertz CT molecular complexity index is 394. The molecular formula is C17H28N2. The fourth-order valence-corrected chi connectivity index (χ4v) is 3.16. The molecule has 0 unspecified atom stereocenters. The van der Waals surface area contributed by atoms with Crippen molar-refractivity contribution in [2.24, 2.45) is 5.73 Å². The molecule has 1 aromatic carbocycles. The van der Waals surface area contributed by atoms with Crippen LogP contribution in [0.1, 0.15) is 51.0 Å². The van der Waals surface area contributed by atoms with Gasteiger partial charge in [0.1, 0.15) is 0 Å². The van der Waals surface area contributed by atoms with Crippen molar-refractivity contribution in [3.05, 3.63) is 29.8 Å². The normalized spacial score (nSPS) is 18.3. The van der Waals surface area contributed by atoms with Crippen LogP contribution in [-0.2, 0) is 0 Å². The molecule has 2 nitrogen and oxygen atoms in total. The molecule has 1 fully saturated rings. The first-order valence-corrected chi connectivity index (χ1v) is 7.73. The fraction of sp³-hybridized carbons (Fsp3) is 0.647. The summed E-state index contributed by atoms with van der Waals surface area (Å²) in [7, 11) is 0. The average Bonchev–Trinajstić information content (AvgIpc) is 2.40. The Kier molecular flexibility index (Phi) is 4.87. The van der Waals surface area contributed by atoms with Crippen molar-refractivity contribution in [1.29, 1.82) is 0 Å². The first-order valence-electron chi connectivity index (χ1n) is 7.73. The molecule has 1 saturated carbocycles. The van der Waals surface area contributed by atoms with Gasteiger partial charge in [-0.3, -0.25) is 0 Å². The van der Waals surface area contributed by atoms with Gasteiger partial charge in [0.15, 0.2) is 0 Å². The lowest BCUT2D eigenvalue weighted by Gasteiger charge is -2.36. The van der Waals surface area contributed by atoms with Crippen LogP contribution >= 0.6 is 0 Å². The zero-order chi connectivity index (χ0) is 13.7. The van der Waals surface area contributed by atoms with E-state index in [0.29, 0.717) is 0 Å². The van der Waals surface area contributed by atoms with Gasteiger partial charge in [0.05, 0.1) is 0 Å². The SMILES string of the molecule is CCN(CCC1(N)CCCCC1)c1cccc(C)c1. The smallest absolute Gasteiger partial charge is 0.0368 e. The molecule has 1 aromatic rings. The number of rotatable bonds is 5. The highest BCUT2D eigenvalue weighted by atomic mass is 15.1. The van der Waals surface area contributed by atoms with Crippen LogP contribution in [0.4, 0.5) is 5.69 Å². The van der Waals surface area contributed by atoms with Crippen molar-refractivity contribution < 1.29 is 0 Å². The quantitative estimate of drug-likeness (QED) is 0.870. The fourth-order valence-electron chi connectivity index (χ4n) is 3.16. The molecular weight excluding hydrogens is 232 g/mol. The summed E-state index contributed by atoms with van der Waals surface area (Å²) in [5, 5.41) is 0. The largest absolute Gasteiger partial charge is 0.372 e. The molecule has 2 N–H and O–H groups in total. The Morgan fingerprint density at radius 3 is 2.58 bits per heavy atom. The van der Waals surface area contributed by atoms with Gasteiger partial charge in [-0.2, -0.15) is 0 Å². The number of nitrogens with zero attached hydrogens (tertiary/aromatic N) is 1. The Morgan fingerprint density at radius 2 is 1.95 bits per heavy atom. The lowest BCUT2D eigenvalue weighted by Crippen LogP contribution is -2.44. The number of aryl methyl sites for hydroxylation is 1. The lowest BCUT2D eigenvalue weighted by molar-refractivity contribution is 0.280. The van der Waals surface area contributed by atoms with E-state index in [0.717, 1.165) is 19.5 Å². The molecule has 2 heteroatoms. The Balaban J connectivity index is 1.95. The zero-order valence-electron chi connectivity index (χ0n) is 12.5. The summed E-state index contributed by atoms with van der Waals surface area (Å²) >= 11 is 0. The van der Waals surface area contributed by atoms with E-state index in [1.54, 1.807) is 0 Å². The Hall–Kier alpha value is -1.02. The average molecular weight is 260 g/mol. The zero-order valence-corrected chi connectivity index (χ0v) is 12.5. The molecule has 106 valence electrons. The highest BCUT2D eigenvalue weighted by Gasteiger charge is 2.27. The maximum atomic E-state index is 6.54. The molecule has 0 aliphatic heterocycles. The molecule has 0 saturated heterocycles. The van der Waals surface area contributed by atoms with Gasteiger partial charge in [0, 0.05) is 24.3 Å². The Morgan fingerprint density at radius 1 is 1.21 bits per heavy atom. The van der Waals surface area contributed by atoms with Gasteiger partial charge in [-0.25, -0.2) is 0 Å². The van der Waals surface area contributed by atoms with Gasteiger partial charge in [0.2, 0.25) is 0 Å². The Labute approximate surface area is 118 Å². The van der Waals surface area contributed by atoms with Gasteiger partial charge in [-0.15, -0.1) is 0 Å². The first kappa shape index (κ1) is 14.4. The molecule has 0 amide bonds. The summed E-state index contributed by atoms with van der Waals surface area (Å²) in [4.78, 5) is 2.45. The monoisotopic (exact) mass is 260 g/mol. The van der Waals surface area contributed by atoms with E-state index < -0.39 is 0 Å². The second-order valence-corrected chi connectivity index (χ2v) is 6.09. The van der Waals surface area contributed by atoms with Crippen molar-refractivity contribution in [2.75, 3.05) is 18.0 Å². The third kappa shape index (κ3) is 3.97. The van der Waals surface area contributed by atoms with E-state index in [9.17, 15) is 0 Å². The maximum Gasteiger partial charge on any atom is 0.0368 e. The minimum atomic E-state index is 0.0928. The summed E-state index contributed by atoms with van der Waals surface area (Å²) in [6.45, 7) is 6.52. The van der Waals surface area contributed by atoms with Crippen LogP contribution in [0.2, 0.25) is 0 Å². The molecule has 19 heavy (non-hydrogen) atoms. The van der Waals surface area contributed by atoms with E-state index >= 15 is 0 Å². The van der Waals surface area contributed by atoms with Crippen LogP contribution in [-0.4, -0.2) is 18.6 Å². The first-order chi connectivity index (χ1) is 9.13. The van der Waals surface area contributed by atoms with Crippen molar-refractivity contribution in [3.8, 4) is 0 Å². The third-order valence-electron chi connectivity index (χ3n) is 4.48. The molecule has 0 spiro atoms. The highest BCUT2D eigenvalue weighted by molar-refractivity contribution is 5.48.